The number of carbonyl (C=O) groups excluding carboxylic acids is 2. The third kappa shape index (κ3) is 4.81. The Hall–Kier alpha value is 0.150. The second kappa shape index (κ2) is 8.70. The Kier molecular flexibility index (Phi) is 7.95. The van der Waals surface area contributed by atoms with E-state index < -0.39 is 18.0 Å². The number of nitrogen functional groups attached to an aromatic ring is 1. The Bertz CT molecular complexity index is 563. The van der Waals surface area contributed by atoms with Crippen LogP contribution in [0.15, 0.2) is 6.07 Å². The van der Waals surface area contributed by atoms with Gasteiger partial charge in [-0.05, 0) is 87.2 Å². The highest BCUT2D eigenvalue weighted by Gasteiger charge is 2.26. The molecule has 2 N–H and O–H groups in total. The Balaban J connectivity index is 3.04. The number of hydrogen-bond acceptors (Lipinski definition) is 5. The van der Waals surface area contributed by atoms with E-state index in [2.05, 4.69) is 45.2 Å². The van der Waals surface area contributed by atoms with Gasteiger partial charge in [0.1, 0.15) is 0 Å². The Morgan fingerprint density at radius 3 is 2.38 bits per heavy atom. The zero-order valence-electron chi connectivity index (χ0n) is 11.4. The number of anilines is 1. The predicted molar refractivity (Wildman–Crippen MR) is 105 cm³/mol. The minimum Gasteiger partial charge on any atom is -0.463 e. The van der Waals surface area contributed by atoms with Gasteiger partial charge in [0.2, 0.25) is 0 Å². The summed E-state index contributed by atoms with van der Waals surface area (Å²) in [5.41, 5.74) is 6.86. The molecule has 0 radical (unpaired) electrons. The van der Waals surface area contributed by atoms with Crippen molar-refractivity contribution in [3.63, 3.8) is 0 Å². The van der Waals surface area contributed by atoms with Crippen molar-refractivity contribution in [2.45, 2.75) is 26.4 Å². The monoisotopic (exact) mass is 629 g/mol. The number of halogens is 3. The first-order valence-electron chi connectivity index (χ1n) is 6.13. The quantitative estimate of drug-likeness (QED) is 0.307. The average Bonchev–Trinajstić information content (AvgIpc) is 2.42. The van der Waals surface area contributed by atoms with Crippen LogP contribution in [0, 0.1) is 10.7 Å². The summed E-state index contributed by atoms with van der Waals surface area (Å²) >= 11 is 6.18. The van der Waals surface area contributed by atoms with Crippen LogP contribution in [0.1, 0.15) is 30.6 Å². The van der Waals surface area contributed by atoms with E-state index in [9.17, 15) is 9.59 Å². The van der Waals surface area contributed by atoms with Gasteiger partial charge in [-0.1, -0.05) is 6.92 Å². The lowest BCUT2D eigenvalue weighted by Crippen LogP contribution is -2.29. The summed E-state index contributed by atoms with van der Waals surface area (Å²) in [5.74, 6) is -1.09. The molecule has 1 aromatic carbocycles. The van der Waals surface area contributed by atoms with Gasteiger partial charge >= 0.3 is 11.9 Å². The molecular formula is C13H14I3NO4. The zero-order chi connectivity index (χ0) is 16.2. The molecule has 0 aliphatic carbocycles. The second-order valence-corrected chi connectivity index (χ2v) is 7.40. The fourth-order valence-electron chi connectivity index (χ4n) is 1.51. The van der Waals surface area contributed by atoms with Gasteiger partial charge in [-0.3, -0.25) is 0 Å². The minimum absolute atomic E-state index is 0.248. The molecular weight excluding hydrogens is 615 g/mol. The second-order valence-electron chi connectivity index (χ2n) is 4.00. The summed E-state index contributed by atoms with van der Waals surface area (Å²) in [5, 5.41) is 0. The van der Waals surface area contributed by atoms with Gasteiger partial charge in [-0.15, -0.1) is 0 Å². The van der Waals surface area contributed by atoms with E-state index in [0.717, 1.165) is 7.14 Å². The summed E-state index contributed by atoms with van der Waals surface area (Å²) in [6, 6.07) is 1.81. The molecule has 0 saturated carbocycles. The van der Waals surface area contributed by atoms with Crippen molar-refractivity contribution in [2.24, 2.45) is 0 Å². The van der Waals surface area contributed by atoms with Crippen molar-refractivity contribution in [3.8, 4) is 0 Å². The van der Waals surface area contributed by atoms with Crippen LogP contribution in [-0.2, 0) is 14.3 Å². The lowest BCUT2D eigenvalue weighted by Gasteiger charge is -2.16. The largest absolute Gasteiger partial charge is 0.463 e. The van der Waals surface area contributed by atoms with Gasteiger partial charge in [0, 0.05) is 7.14 Å². The van der Waals surface area contributed by atoms with Crippen molar-refractivity contribution in [1.82, 2.24) is 0 Å². The van der Waals surface area contributed by atoms with Crippen molar-refractivity contribution in [3.05, 3.63) is 22.3 Å². The fourth-order valence-corrected chi connectivity index (χ4v) is 5.33. The maximum Gasteiger partial charge on any atom is 0.347 e. The molecule has 0 amide bonds. The van der Waals surface area contributed by atoms with Gasteiger partial charge in [-0.25, -0.2) is 9.59 Å². The van der Waals surface area contributed by atoms with E-state index >= 15 is 0 Å². The van der Waals surface area contributed by atoms with E-state index in [1.54, 1.807) is 19.9 Å². The van der Waals surface area contributed by atoms with Crippen molar-refractivity contribution in [2.75, 3.05) is 12.3 Å². The molecule has 0 aromatic heterocycles. The molecule has 0 aliphatic rings. The van der Waals surface area contributed by atoms with Gasteiger partial charge in [0.25, 0.3) is 0 Å². The van der Waals surface area contributed by atoms with Crippen LogP contribution < -0.4 is 5.73 Å². The molecule has 0 bridgehead atoms. The molecule has 5 nitrogen and oxygen atoms in total. The molecule has 0 saturated heterocycles. The molecule has 116 valence electrons. The molecule has 1 unspecified atom stereocenters. The smallest absolute Gasteiger partial charge is 0.347 e. The standard InChI is InChI=1S/C13H14I3NO4/c1-3-8(12(18)20-4-2)21-13(19)9-6(14)5-7(15)11(17)10(9)16/h5,8H,3-4,17H2,1-2H3. The van der Waals surface area contributed by atoms with Crippen LogP contribution >= 0.6 is 67.8 Å². The average molecular weight is 629 g/mol. The third-order valence-electron chi connectivity index (χ3n) is 2.58. The number of benzene rings is 1. The van der Waals surface area contributed by atoms with Crippen LogP contribution in [0.5, 0.6) is 0 Å². The Labute approximate surface area is 164 Å². The topological polar surface area (TPSA) is 78.6 Å². The van der Waals surface area contributed by atoms with Gasteiger partial charge < -0.3 is 15.2 Å². The maximum absolute atomic E-state index is 12.3. The summed E-state index contributed by atoms with van der Waals surface area (Å²) in [6.07, 6.45) is -0.540. The lowest BCUT2D eigenvalue weighted by molar-refractivity contribution is -0.153. The zero-order valence-corrected chi connectivity index (χ0v) is 17.9. The molecule has 8 heteroatoms. The molecule has 0 spiro atoms. The van der Waals surface area contributed by atoms with Crippen LogP contribution in [0.25, 0.3) is 0 Å². The van der Waals surface area contributed by atoms with Gasteiger partial charge in [0.05, 0.1) is 21.4 Å². The fraction of sp³-hybridized carbons (Fsp3) is 0.385. The highest BCUT2D eigenvalue weighted by molar-refractivity contribution is 14.1. The molecule has 1 rings (SSSR count). The summed E-state index contributed by atoms with van der Waals surface area (Å²) in [7, 11) is 0. The van der Waals surface area contributed by atoms with Crippen molar-refractivity contribution >= 4 is 85.4 Å². The minimum atomic E-state index is -0.899. The first-order valence-corrected chi connectivity index (χ1v) is 9.37. The highest BCUT2D eigenvalue weighted by atomic mass is 127. The van der Waals surface area contributed by atoms with E-state index in [4.69, 9.17) is 15.2 Å². The molecule has 1 aromatic rings. The third-order valence-corrected chi connectivity index (χ3v) is 5.44. The van der Waals surface area contributed by atoms with E-state index in [1.165, 1.54) is 0 Å². The van der Waals surface area contributed by atoms with Crippen molar-refractivity contribution < 1.29 is 19.1 Å². The molecule has 21 heavy (non-hydrogen) atoms. The van der Waals surface area contributed by atoms with E-state index in [-0.39, 0.29) is 6.61 Å². The van der Waals surface area contributed by atoms with Crippen molar-refractivity contribution in [1.29, 1.82) is 0 Å². The summed E-state index contributed by atoms with van der Waals surface area (Å²) in [6.45, 7) is 3.71. The number of rotatable bonds is 5. The number of nitrogens with two attached hydrogens (primary N) is 1. The lowest BCUT2D eigenvalue weighted by atomic mass is 10.2. The van der Waals surface area contributed by atoms with Crippen LogP contribution in [-0.4, -0.2) is 24.6 Å². The number of carbonyl (C=O) groups is 2. The van der Waals surface area contributed by atoms with E-state index in [1.807, 2.05) is 22.6 Å². The number of esters is 2. The highest BCUT2D eigenvalue weighted by Crippen LogP contribution is 2.30. The SMILES string of the molecule is CCOC(=O)C(CC)OC(=O)c1c(I)cc(I)c(N)c1I. The first-order chi connectivity index (χ1) is 9.83. The molecule has 1 atom stereocenters. The molecule has 0 fully saturated rings. The van der Waals surface area contributed by atoms with Crippen LogP contribution in [0.4, 0.5) is 5.69 Å². The Morgan fingerprint density at radius 2 is 1.86 bits per heavy atom. The van der Waals surface area contributed by atoms with E-state index in [0.29, 0.717) is 21.2 Å². The van der Waals surface area contributed by atoms with Gasteiger partial charge in [0.15, 0.2) is 6.10 Å². The summed E-state index contributed by atoms with van der Waals surface area (Å²) < 4.78 is 12.4. The van der Waals surface area contributed by atoms with Crippen LogP contribution in [0.2, 0.25) is 0 Å². The van der Waals surface area contributed by atoms with Gasteiger partial charge in [-0.2, -0.15) is 0 Å². The number of hydrogen-bond donors (Lipinski definition) is 1. The molecule has 0 aliphatic heterocycles. The van der Waals surface area contributed by atoms with Crippen LogP contribution in [0.3, 0.4) is 0 Å². The predicted octanol–water partition coefficient (Wildman–Crippen LogP) is 3.58. The normalized spacial score (nSPS) is 11.9. The molecule has 0 heterocycles. The Morgan fingerprint density at radius 1 is 1.24 bits per heavy atom. The number of ether oxygens (including phenoxy) is 2. The first kappa shape index (κ1) is 19.2. The maximum atomic E-state index is 12.3. The summed E-state index contributed by atoms with van der Waals surface area (Å²) in [4.78, 5) is 24.0.